The van der Waals surface area contributed by atoms with Gasteiger partial charge < -0.3 is 9.72 Å². The SMILES string of the molecule is Cc1[nH]c(/C=C2/C(=O)NN=C2C2CC2)c(C)c1CN1CCOCC1. The van der Waals surface area contributed by atoms with E-state index in [4.69, 9.17) is 4.74 Å². The minimum Gasteiger partial charge on any atom is -0.379 e. The summed E-state index contributed by atoms with van der Waals surface area (Å²) in [6.45, 7) is 8.72. The van der Waals surface area contributed by atoms with Crippen molar-refractivity contribution in [3.05, 3.63) is 28.1 Å². The number of nitrogens with one attached hydrogen (secondary N) is 2. The Labute approximate surface area is 141 Å². The van der Waals surface area contributed by atoms with Gasteiger partial charge in [-0.1, -0.05) is 0 Å². The number of nitrogens with zero attached hydrogens (tertiary/aromatic N) is 2. The van der Waals surface area contributed by atoms with Gasteiger partial charge in [-0.2, -0.15) is 5.10 Å². The van der Waals surface area contributed by atoms with Crippen LogP contribution in [0.25, 0.3) is 6.08 Å². The van der Waals surface area contributed by atoms with Crippen molar-refractivity contribution in [2.75, 3.05) is 26.3 Å². The van der Waals surface area contributed by atoms with Gasteiger partial charge in [0.1, 0.15) is 0 Å². The molecule has 1 amide bonds. The largest absolute Gasteiger partial charge is 0.379 e. The lowest BCUT2D eigenvalue weighted by molar-refractivity contribution is -0.116. The third-order valence-corrected chi connectivity index (χ3v) is 5.17. The third-order valence-electron chi connectivity index (χ3n) is 5.17. The first-order valence-electron chi connectivity index (χ1n) is 8.71. The van der Waals surface area contributed by atoms with Gasteiger partial charge in [0, 0.05) is 36.9 Å². The second kappa shape index (κ2) is 6.18. The van der Waals surface area contributed by atoms with Crippen LogP contribution in [-0.2, 0) is 16.1 Å². The minimum atomic E-state index is -0.0849. The molecule has 24 heavy (non-hydrogen) atoms. The van der Waals surface area contributed by atoms with Crippen LogP contribution in [0.15, 0.2) is 10.7 Å². The van der Waals surface area contributed by atoms with Crippen LogP contribution >= 0.6 is 0 Å². The fourth-order valence-electron chi connectivity index (χ4n) is 3.48. The molecule has 6 heteroatoms. The topological polar surface area (TPSA) is 69.7 Å². The lowest BCUT2D eigenvalue weighted by Gasteiger charge is -2.26. The standard InChI is InChI=1S/C18H24N4O2/c1-11-15(10-22-5-7-24-8-6-22)12(2)19-16(11)9-14-17(13-3-4-13)20-21-18(14)23/h9,13,19H,3-8,10H2,1-2H3,(H,21,23)/b14-9+. The average Bonchev–Trinajstić information content (AvgIpc) is 3.32. The highest BCUT2D eigenvalue weighted by molar-refractivity contribution is 6.28. The van der Waals surface area contributed by atoms with E-state index < -0.39 is 0 Å². The molecule has 1 aromatic rings. The number of aromatic amines is 1. The summed E-state index contributed by atoms with van der Waals surface area (Å²) >= 11 is 0. The molecule has 0 atom stereocenters. The molecule has 3 heterocycles. The number of aryl methyl sites for hydroxylation is 1. The summed E-state index contributed by atoms with van der Waals surface area (Å²) in [6.07, 6.45) is 4.25. The van der Waals surface area contributed by atoms with E-state index in [1.165, 1.54) is 16.8 Å². The summed E-state index contributed by atoms with van der Waals surface area (Å²) in [5.41, 5.74) is 9.02. The summed E-state index contributed by atoms with van der Waals surface area (Å²) in [7, 11) is 0. The molecule has 2 aliphatic heterocycles. The van der Waals surface area contributed by atoms with Crippen molar-refractivity contribution < 1.29 is 9.53 Å². The van der Waals surface area contributed by atoms with Crippen LogP contribution in [0.1, 0.15) is 35.4 Å². The predicted octanol–water partition coefficient (Wildman–Crippen LogP) is 1.74. The first-order chi connectivity index (χ1) is 11.6. The maximum Gasteiger partial charge on any atom is 0.273 e. The molecule has 0 aromatic carbocycles. The Morgan fingerprint density at radius 1 is 1.29 bits per heavy atom. The summed E-state index contributed by atoms with van der Waals surface area (Å²) in [6, 6.07) is 0. The van der Waals surface area contributed by atoms with E-state index in [-0.39, 0.29) is 5.91 Å². The number of hydrogen-bond donors (Lipinski definition) is 2. The Kier molecular flexibility index (Phi) is 4.02. The smallest absolute Gasteiger partial charge is 0.273 e. The highest BCUT2D eigenvalue weighted by Crippen LogP contribution is 2.35. The lowest BCUT2D eigenvalue weighted by Crippen LogP contribution is -2.35. The number of hydrazone groups is 1. The van der Waals surface area contributed by atoms with Crippen molar-refractivity contribution in [1.82, 2.24) is 15.3 Å². The molecule has 4 rings (SSSR count). The Morgan fingerprint density at radius 2 is 2.04 bits per heavy atom. The molecule has 0 bridgehead atoms. The highest BCUT2D eigenvalue weighted by atomic mass is 16.5. The zero-order valence-corrected chi connectivity index (χ0v) is 14.3. The molecule has 0 unspecified atom stereocenters. The van der Waals surface area contributed by atoms with Crippen LogP contribution in [0, 0.1) is 19.8 Å². The molecule has 2 fully saturated rings. The molecule has 0 spiro atoms. The molecule has 1 aliphatic carbocycles. The molecule has 3 aliphatic rings. The Balaban J connectivity index is 1.59. The number of carbonyl (C=O) groups excluding carboxylic acids is 1. The third kappa shape index (κ3) is 2.91. The number of aromatic nitrogens is 1. The summed E-state index contributed by atoms with van der Waals surface area (Å²) < 4.78 is 5.43. The highest BCUT2D eigenvalue weighted by Gasteiger charge is 2.36. The van der Waals surface area contributed by atoms with Crippen LogP contribution in [0.3, 0.4) is 0 Å². The number of morpholine rings is 1. The molecular weight excluding hydrogens is 304 g/mol. The quantitative estimate of drug-likeness (QED) is 0.827. The molecule has 1 aromatic heterocycles. The van der Waals surface area contributed by atoms with E-state index in [0.29, 0.717) is 5.92 Å². The van der Waals surface area contributed by atoms with Gasteiger partial charge in [0.25, 0.3) is 5.91 Å². The Bertz CT molecular complexity index is 722. The minimum absolute atomic E-state index is 0.0849. The molecule has 0 radical (unpaired) electrons. The van der Waals surface area contributed by atoms with Crippen LogP contribution in [-0.4, -0.2) is 47.8 Å². The zero-order chi connectivity index (χ0) is 16.7. The van der Waals surface area contributed by atoms with E-state index in [2.05, 4.69) is 34.3 Å². The number of ether oxygens (including phenoxy) is 1. The van der Waals surface area contributed by atoms with Gasteiger partial charge in [-0.15, -0.1) is 0 Å². The Morgan fingerprint density at radius 3 is 2.75 bits per heavy atom. The van der Waals surface area contributed by atoms with E-state index >= 15 is 0 Å². The van der Waals surface area contributed by atoms with E-state index in [9.17, 15) is 4.79 Å². The lowest BCUT2D eigenvalue weighted by atomic mass is 10.0. The number of amides is 1. The van der Waals surface area contributed by atoms with Gasteiger partial charge >= 0.3 is 0 Å². The van der Waals surface area contributed by atoms with Crippen molar-refractivity contribution in [3.8, 4) is 0 Å². The second-order valence-electron chi connectivity index (χ2n) is 6.93. The van der Waals surface area contributed by atoms with Crippen molar-refractivity contribution in [2.45, 2.75) is 33.2 Å². The van der Waals surface area contributed by atoms with E-state index in [1.807, 2.05) is 6.08 Å². The van der Waals surface area contributed by atoms with E-state index in [0.717, 1.165) is 62.7 Å². The monoisotopic (exact) mass is 328 g/mol. The molecule has 128 valence electrons. The van der Waals surface area contributed by atoms with Crippen molar-refractivity contribution in [1.29, 1.82) is 0 Å². The van der Waals surface area contributed by atoms with Crippen molar-refractivity contribution in [3.63, 3.8) is 0 Å². The average molecular weight is 328 g/mol. The van der Waals surface area contributed by atoms with Gasteiger partial charge in [-0.3, -0.25) is 9.69 Å². The maximum atomic E-state index is 12.1. The summed E-state index contributed by atoms with van der Waals surface area (Å²) in [5, 5.41) is 4.22. The summed E-state index contributed by atoms with van der Waals surface area (Å²) in [5.74, 6) is 0.373. The van der Waals surface area contributed by atoms with Gasteiger partial charge in [-0.25, -0.2) is 5.43 Å². The number of carbonyl (C=O) groups is 1. The first-order valence-corrected chi connectivity index (χ1v) is 8.71. The zero-order valence-electron chi connectivity index (χ0n) is 14.3. The maximum absolute atomic E-state index is 12.1. The summed E-state index contributed by atoms with van der Waals surface area (Å²) in [4.78, 5) is 18.0. The molecular formula is C18H24N4O2. The number of H-pyrrole nitrogens is 1. The molecule has 1 saturated heterocycles. The van der Waals surface area contributed by atoms with E-state index in [1.54, 1.807) is 0 Å². The van der Waals surface area contributed by atoms with Gasteiger partial charge in [0.05, 0.1) is 24.5 Å². The number of hydrogen-bond acceptors (Lipinski definition) is 4. The molecule has 1 saturated carbocycles. The first kappa shape index (κ1) is 15.6. The number of rotatable bonds is 4. The van der Waals surface area contributed by atoms with Crippen LogP contribution in [0.4, 0.5) is 0 Å². The molecule has 2 N–H and O–H groups in total. The van der Waals surface area contributed by atoms with Crippen molar-refractivity contribution >= 4 is 17.7 Å². The van der Waals surface area contributed by atoms with Gasteiger partial charge in [0.15, 0.2) is 0 Å². The van der Waals surface area contributed by atoms with Crippen LogP contribution in [0.2, 0.25) is 0 Å². The Hall–Kier alpha value is -1.92. The fourth-order valence-corrected chi connectivity index (χ4v) is 3.48. The predicted molar refractivity (Wildman–Crippen MR) is 92.6 cm³/mol. The van der Waals surface area contributed by atoms with Crippen LogP contribution in [0.5, 0.6) is 0 Å². The fraction of sp³-hybridized carbons (Fsp3) is 0.556. The normalized spacial score (nSPS) is 23.7. The van der Waals surface area contributed by atoms with Gasteiger partial charge in [-0.05, 0) is 43.9 Å². The second-order valence-corrected chi connectivity index (χ2v) is 6.93. The molecule has 6 nitrogen and oxygen atoms in total. The van der Waals surface area contributed by atoms with Gasteiger partial charge in [0.2, 0.25) is 0 Å². The van der Waals surface area contributed by atoms with Crippen LogP contribution < -0.4 is 5.43 Å². The van der Waals surface area contributed by atoms with Crippen molar-refractivity contribution in [2.24, 2.45) is 11.0 Å².